The first-order chi connectivity index (χ1) is 5.47. The molecule has 0 unspecified atom stereocenters. The maximum absolute atomic E-state index is 4.55. The van der Waals surface area contributed by atoms with E-state index in [9.17, 15) is 0 Å². The van der Waals surface area contributed by atoms with Crippen LogP contribution in [0.2, 0.25) is 0 Å². The second kappa shape index (κ2) is 2.49. The van der Waals surface area contributed by atoms with Gasteiger partial charge in [-0.15, -0.1) is 5.10 Å². The van der Waals surface area contributed by atoms with E-state index in [1.54, 1.807) is 18.3 Å². The highest BCUT2D eigenvalue weighted by molar-refractivity contribution is 5.49. The monoisotopic (exact) mass is 146 g/mol. The highest BCUT2D eigenvalue weighted by Gasteiger charge is 2.00. The van der Waals surface area contributed by atoms with Gasteiger partial charge in [-0.3, -0.25) is 4.98 Å². The van der Waals surface area contributed by atoms with E-state index >= 15 is 0 Å². The summed E-state index contributed by atoms with van der Waals surface area (Å²) in [6.07, 6.45) is 3.10. The zero-order valence-electron chi connectivity index (χ0n) is 5.56. The van der Waals surface area contributed by atoms with Gasteiger partial charge in [0.2, 0.25) is 0 Å². The zero-order valence-corrected chi connectivity index (χ0v) is 5.56. The van der Waals surface area contributed by atoms with E-state index in [-0.39, 0.29) is 0 Å². The third-order valence-electron chi connectivity index (χ3n) is 1.21. The van der Waals surface area contributed by atoms with Crippen LogP contribution in [0.25, 0.3) is 11.4 Å². The van der Waals surface area contributed by atoms with Crippen LogP contribution in [-0.4, -0.2) is 15.4 Å². The molecule has 0 saturated carbocycles. The Bertz CT molecular complexity index is 317. The van der Waals surface area contributed by atoms with Crippen LogP contribution >= 0.6 is 0 Å². The summed E-state index contributed by atoms with van der Waals surface area (Å²) >= 11 is 0. The Morgan fingerprint density at radius 3 is 3.09 bits per heavy atom. The van der Waals surface area contributed by atoms with E-state index in [1.807, 2.05) is 0 Å². The van der Waals surface area contributed by atoms with Crippen LogP contribution in [-0.2, 0) is 0 Å². The second-order valence-electron chi connectivity index (χ2n) is 1.92. The Labute approximate surface area is 62.9 Å². The van der Waals surface area contributed by atoms with Gasteiger partial charge in [-0.05, 0) is 6.07 Å². The summed E-state index contributed by atoms with van der Waals surface area (Å²) in [5.41, 5.74) is 1.25. The van der Waals surface area contributed by atoms with Crippen LogP contribution in [0, 0.1) is 6.07 Å². The fourth-order valence-corrected chi connectivity index (χ4v) is 0.733. The number of rotatable bonds is 1. The highest BCUT2D eigenvalue weighted by atomic mass is 16.5. The molecule has 0 N–H and O–H groups in total. The third-order valence-corrected chi connectivity index (χ3v) is 1.21. The van der Waals surface area contributed by atoms with Gasteiger partial charge in [-0.1, -0.05) is 6.07 Å². The summed E-state index contributed by atoms with van der Waals surface area (Å²) in [6.45, 7) is 0. The predicted molar refractivity (Wildman–Crippen MR) is 36.4 cm³/mol. The lowest BCUT2D eigenvalue weighted by atomic mass is 10.3. The normalized spacial score (nSPS) is 9.82. The van der Waals surface area contributed by atoms with Gasteiger partial charge < -0.3 is 4.52 Å². The summed E-state index contributed by atoms with van der Waals surface area (Å²) in [4.78, 5) is 4.00. The van der Waals surface area contributed by atoms with Crippen LogP contribution < -0.4 is 0 Å². The molecule has 2 aromatic rings. The topological polar surface area (TPSA) is 51.8 Å². The zero-order chi connectivity index (χ0) is 7.52. The van der Waals surface area contributed by atoms with Gasteiger partial charge in [0, 0.05) is 17.5 Å². The average Bonchev–Trinajstić information content (AvgIpc) is 2.58. The van der Waals surface area contributed by atoms with Crippen LogP contribution in [0.5, 0.6) is 0 Å². The van der Waals surface area contributed by atoms with Crippen molar-refractivity contribution < 1.29 is 4.52 Å². The van der Waals surface area contributed by atoms with E-state index in [0.717, 1.165) is 0 Å². The molecular weight excluding hydrogens is 142 g/mol. The van der Waals surface area contributed by atoms with Crippen molar-refractivity contribution in [2.24, 2.45) is 0 Å². The lowest BCUT2D eigenvalue weighted by Gasteiger charge is -1.87. The predicted octanol–water partition coefficient (Wildman–Crippen LogP) is 0.932. The number of nitrogens with zero attached hydrogens (tertiary/aromatic N) is 3. The average molecular weight is 146 g/mol. The minimum atomic E-state index is 0.602. The third kappa shape index (κ3) is 1.10. The molecule has 0 saturated heterocycles. The molecule has 0 aliphatic carbocycles. The van der Waals surface area contributed by atoms with E-state index in [0.29, 0.717) is 11.4 Å². The highest BCUT2D eigenvalue weighted by Crippen LogP contribution is 2.09. The van der Waals surface area contributed by atoms with Crippen LogP contribution in [0.1, 0.15) is 0 Å². The van der Waals surface area contributed by atoms with Crippen molar-refractivity contribution in [3.63, 3.8) is 0 Å². The number of hydrogen-bond acceptors (Lipinski definition) is 4. The van der Waals surface area contributed by atoms with E-state index < -0.39 is 0 Å². The lowest BCUT2D eigenvalue weighted by Crippen LogP contribution is -1.81. The molecule has 0 spiro atoms. The van der Waals surface area contributed by atoms with Crippen LogP contribution in [0.3, 0.4) is 0 Å². The molecule has 0 aliphatic heterocycles. The molecule has 0 aliphatic rings. The van der Waals surface area contributed by atoms with Crippen molar-refractivity contribution in [3.8, 4) is 11.4 Å². The van der Waals surface area contributed by atoms with Crippen molar-refractivity contribution in [1.82, 2.24) is 15.4 Å². The first kappa shape index (κ1) is 6.03. The molecule has 1 radical (unpaired) electrons. The van der Waals surface area contributed by atoms with E-state index in [4.69, 9.17) is 0 Å². The summed E-state index contributed by atoms with van der Waals surface area (Å²) < 4.78 is 4.55. The second-order valence-corrected chi connectivity index (χ2v) is 1.92. The first-order valence-corrected chi connectivity index (χ1v) is 3.07. The Kier molecular flexibility index (Phi) is 1.37. The number of hydrogen-bond donors (Lipinski definition) is 0. The molecule has 0 atom stereocenters. The van der Waals surface area contributed by atoms with Crippen molar-refractivity contribution in [2.75, 3.05) is 0 Å². The Morgan fingerprint density at radius 2 is 2.45 bits per heavy atom. The summed E-state index contributed by atoms with van der Waals surface area (Å²) in [5.74, 6) is 0. The Hall–Kier alpha value is -1.71. The summed E-state index contributed by atoms with van der Waals surface area (Å²) in [6, 6.07) is 6.45. The lowest BCUT2D eigenvalue weighted by molar-refractivity contribution is 0.393. The first-order valence-electron chi connectivity index (χ1n) is 3.07. The van der Waals surface area contributed by atoms with Gasteiger partial charge in [0.1, 0.15) is 5.69 Å². The minimum absolute atomic E-state index is 0.602. The van der Waals surface area contributed by atoms with Gasteiger partial charge in [-0.2, -0.15) is 0 Å². The molecule has 4 heteroatoms. The molecule has 0 amide bonds. The largest absolute Gasteiger partial charge is 0.345 e. The molecule has 2 heterocycles. The van der Waals surface area contributed by atoms with Gasteiger partial charge >= 0.3 is 0 Å². The molecular formula is C7H4N3O. The maximum atomic E-state index is 4.55. The molecule has 0 bridgehead atoms. The van der Waals surface area contributed by atoms with Crippen LogP contribution in [0.15, 0.2) is 29.1 Å². The van der Waals surface area contributed by atoms with Crippen molar-refractivity contribution in [2.45, 2.75) is 0 Å². The Balaban J connectivity index is 2.46. The fraction of sp³-hybridized carbons (Fsp3) is 0. The van der Waals surface area contributed by atoms with Crippen molar-refractivity contribution in [3.05, 3.63) is 30.7 Å². The van der Waals surface area contributed by atoms with Gasteiger partial charge in [0.05, 0.1) is 0 Å². The summed E-state index contributed by atoms with van der Waals surface area (Å²) in [5, 5.41) is 6.99. The Morgan fingerprint density at radius 1 is 1.45 bits per heavy atom. The van der Waals surface area contributed by atoms with Crippen molar-refractivity contribution >= 4 is 0 Å². The molecule has 4 nitrogen and oxygen atoms in total. The van der Waals surface area contributed by atoms with Gasteiger partial charge in [0.15, 0.2) is 12.0 Å². The molecule has 0 fully saturated rings. The SMILES string of the molecule is [c]1cccnc1-c1conn1. The smallest absolute Gasteiger partial charge is 0.153 e. The fourth-order valence-electron chi connectivity index (χ4n) is 0.733. The number of pyridine rings is 1. The molecule has 11 heavy (non-hydrogen) atoms. The minimum Gasteiger partial charge on any atom is -0.345 e. The van der Waals surface area contributed by atoms with Crippen molar-refractivity contribution in [1.29, 1.82) is 0 Å². The van der Waals surface area contributed by atoms with E-state index in [2.05, 4.69) is 25.9 Å². The standard InChI is InChI=1S/C7H4N3O/c1-2-4-8-6(3-1)7-5-11-10-9-7/h1-2,4-5H. The molecule has 2 rings (SSSR count). The van der Waals surface area contributed by atoms with Gasteiger partial charge in [-0.25, -0.2) is 0 Å². The molecule has 53 valence electrons. The quantitative estimate of drug-likeness (QED) is 0.600. The molecule has 2 aromatic heterocycles. The van der Waals surface area contributed by atoms with Crippen LogP contribution in [0.4, 0.5) is 0 Å². The molecule has 0 aromatic carbocycles. The number of aromatic nitrogens is 3. The maximum Gasteiger partial charge on any atom is 0.153 e. The van der Waals surface area contributed by atoms with E-state index in [1.165, 1.54) is 6.26 Å². The summed E-state index contributed by atoms with van der Waals surface area (Å²) in [7, 11) is 0. The van der Waals surface area contributed by atoms with Gasteiger partial charge in [0.25, 0.3) is 0 Å².